The van der Waals surface area contributed by atoms with E-state index in [1.54, 1.807) is 11.3 Å². The van der Waals surface area contributed by atoms with E-state index >= 15 is 0 Å². The number of hydrogen-bond donors (Lipinski definition) is 2. The van der Waals surface area contributed by atoms with Crippen LogP contribution in [0.3, 0.4) is 0 Å². The van der Waals surface area contributed by atoms with Crippen LogP contribution in [0.2, 0.25) is 0 Å². The number of nitrogens with one attached hydrogen (secondary N) is 1. The van der Waals surface area contributed by atoms with Gasteiger partial charge in [-0.2, -0.15) is 0 Å². The summed E-state index contributed by atoms with van der Waals surface area (Å²) in [5.41, 5.74) is -0.148. The first-order valence-electron chi connectivity index (χ1n) is 7.64. The van der Waals surface area contributed by atoms with Crippen molar-refractivity contribution in [2.24, 2.45) is 0 Å². The van der Waals surface area contributed by atoms with Crippen LogP contribution >= 0.6 is 11.3 Å². The van der Waals surface area contributed by atoms with Crippen LogP contribution in [0.25, 0.3) is 10.7 Å². The Kier molecular flexibility index (Phi) is 4.42. The maximum absolute atomic E-state index is 9.64. The third-order valence-corrected chi connectivity index (χ3v) is 4.93. The Balaban J connectivity index is 1.57. The molecule has 1 atom stereocenters. The summed E-state index contributed by atoms with van der Waals surface area (Å²) >= 11 is 1.72. The van der Waals surface area contributed by atoms with Gasteiger partial charge < -0.3 is 15.0 Å². The van der Waals surface area contributed by atoms with Gasteiger partial charge in [-0.15, -0.1) is 11.3 Å². The average Bonchev–Trinajstić information content (AvgIpc) is 2.96. The van der Waals surface area contributed by atoms with E-state index in [9.17, 15) is 5.11 Å². The first kappa shape index (κ1) is 14.8. The summed E-state index contributed by atoms with van der Waals surface area (Å²) < 4.78 is 2.21. The molecule has 2 aromatic heterocycles. The zero-order valence-electron chi connectivity index (χ0n) is 12.5. The van der Waals surface area contributed by atoms with Crippen LogP contribution < -0.4 is 5.32 Å². The number of aromatic nitrogens is 2. The highest BCUT2D eigenvalue weighted by Gasteiger charge is 2.31. The lowest BCUT2D eigenvalue weighted by Crippen LogP contribution is -2.47. The molecule has 1 aliphatic rings. The SMILES string of the molecule is CC(CO)(CCCn1ccnc1-c1cccs1)NC1CC1. The van der Waals surface area contributed by atoms with E-state index in [0.717, 1.165) is 25.2 Å². The Morgan fingerprint density at radius 1 is 1.52 bits per heavy atom. The van der Waals surface area contributed by atoms with Crippen molar-refractivity contribution >= 4 is 11.3 Å². The van der Waals surface area contributed by atoms with E-state index in [-0.39, 0.29) is 12.1 Å². The fourth-order valence-electron chi connectivity index (χ4n) is 2.68. The monoisotopic (exact) mass is 305 g/mol. The molecule has 0 bridgehead atoms. The fraction of sp³-hybridized carbons (Fsp3) is 0.562. The third kappa shape index (κ3) is 3.73. The molecule has 0 aromatic carbocycles. The van der Waals surface area contributed by atoms with Crippen LogP contribution in [0.5, 0.6) is 0 Å². The molecule has 5 heteroatoms. The van der Waals surface area contributed by atoms with Gasteiger partial charge in [0.05, 0.1) is 11.5 Å². The number of thiophene rings is 1. The van der Waals surface area contributed by atoms with Gasteiger partial charge in [-0.3, -0.25) is 0 Å². The normalized spacial score (nSPS) is 17.8. The first-order chi connectivity index (χ1) is 10.2. The van der Waals surface area contributed by atoms with Crippen LogP contribution in [-0.2, 0) is 6.54 Å². The van der Waals surface area contributed by atoms with E-state index in [4.69, 9.17) is 0 Å². The van der Waals surface area contributed by atoms with Crippen molar-refractivity contribution < 1.29 is 5.11 Å². The Bertz CT molecular complexity index is 562. The lowest BCUT2D eigenvalue weighted by atomic mass is 9.96. The van der Waals surface area contributed by atoms with Gasteiger partial charge in [-0.25, -0.2) is 4.98 Å². The summed E-state index contributed by atoms with van der Waals surface area (Å²) in [6.07, 6.45) is 8.41. The molecule has 3 rings (SSSR count). The molecule has 21 heavy (non-hydrogen) atoms. The number of aliphatic hydroxyl groups is 1. The zero-order chi connectivity index (χ0) is 14.7. The Morgan fingerprint density at radius 3 is 3.05 bits per heavy atom. The molecule has 2 N–H and O–H groups in total. The van der Waals surface area contributed by atoms with E-state index in [0.29, 0.717) is 6.04 Å². The molecule has 0 amide bonds. The summed E-state index contributed by atoms with van der Waals surface area (Å²) in [6.45, 7) is 3.26. The topological polar surface area (TPSA) is 50.1 Å². The fourth-order valence-corrected chi connectivity index (χ4v) is 3.41. The summed E-state index contributed by atoms with van der Waals surface area (Å²) in [5, 5.41) is 15.3. The third-order valence-electron chi connectivity index (χ3n) is 4.06. The van der Waals surface area contributed by atoms with Crippen molar-refractivity contribution in [3.8, 4) is 10.7 Å². The molecule has 0 aliphatic heterocycles. The quantitative estimate of drug-likeness (QED) is 0.788. The Morgan fingerprint density at radius 2 is 2.38 bits per heavy atom. The van der Waals surface area contributed by atoms with E-state index in [2.05, 4.69) is 39.3 Å². The first-order valence-corrected chi connectivity index (χ1v) is 8.52. The maximum atomic E-state index is 9.64. The molecule has 4 nitrogen and oxygen atoms in total. The molecule has 2 aromatic rings. The number of imidazole rings is 1. The molecule has 2 heterocycles. The van der Waals surface area contributed by atoms with Crippen molar-refractivity contribution in [2.75, 3.05) is 6.61 Å². The second-order valence-electron chi connectivity index (χ2n) is 6.16. The highest BCUT2D eigenvalue weighted by atomic mass is 32.1. The van der Waals surface area contributed by atoms with E-state index < -0.39 is 0 Å². The minimum atomic E-state index is -0.148. The van der Waals surface area contributed by atoms with Crippen LogP contribution in [0.15, 0.2) is 29.9 Å². The number of aryl methyl sites for hydroxylation is 1. The van der Waals surface area contributed by atoms with Crippen molar-refractivity contribution in [2.45, 2.75) is 50.7 Å². The highest BCUT2D eigenvalue weighted by Crippen LogP contribution is 2.26. The maximum Gasteiger partial charge on any atom is 0.149 e. The molecule has 114 valence electrons. The number of hydrogen-bond acceptors (Lipinski definition) is 4. The number of nitrogens with zero attached hydrogens (tertiary/aromatic N) is 2. The molecule has 0 saturated heterocycles. The summed E-state index contributed by atoms with van der Waals surface area (Å²) in [5.74, 6) is 1.05. The van der Waals surface area contributed by atoms with Gasteiger partial charge in [0.25, 0.3) is 0 Å². The van der Waals surface area contributed by atoms with Crippen molar-refractivity contribution in [3.63, 3.8) is 0 Å². The number of aliphatic hydroxyl groups excluding tert-OH is 1. The Hall–Kier alpha value is -1.17. The smallest absolute Gasteiger partial charge is 0.149 e. The van der Waals surface area contributed by atoms with Gasteiger partial charge >= 0.3 is 0 Å². The second-order valence-corrected chi connectivity index (χ2v) is 7.11. The minimum absolute atomic E-state index is 0.148. The van der Waals surface area contributed by atoms with Gasteiger partial charge in [0, 0.05) is 30.5 Å². The predicted octanol–water partition coefficient (Wildman–Crippen LogP) is 2.89. The molecule has 1 fully saturated rings. The summed E-state index contributed by atoms with van der Waals surface area (Å²) in [7, 11) is 0. The van der Waals surface area contributed by atoms with Crippen molar-refractivity contribution in [3.05, 3.63) is 29.9 Å². The van der Waals surface area contributed by atoms with Crippen LogP contribution in [0.4, 0.5) is 0 Å². The molecular weight excluding hydrogens is 282 g/mol. The molecule has 0 spiro atoms. The van der Waals surface area contributed by atoms with Crippen LogP contribution in [0, 0.1) is 0 Å². The zero-order valence-corrected chi connectivity index (χ0v) is 13.3. The van der Waals surface area contributed by atoms with E-state index in [1.807, 2.05) is 12.4 Å². The predicted molar refractivity (Wildman–Crippen MR) is 86.4 cm³/mol. The Labute approximate surface area is 129 Å². The molecule has 1 saturated carbocycles. The van der Waals surface area contributed by atoms with Gasteiger partial charge in [0.1, 0.15) is 5.82 Å². The second kappa shape index (κ2) is 6.30. The van der Waals surface area contributed by atoms with Gasteiger partial charge in [0.2, 0.25) is 0 Å². The van der Waals surface area contributed by atoms with Gasteiger partial charge in [0.15, 0.2) is 0 Å². The highest BCUT2D eigenvalue weighted by molar-refractivity contribution is 7.13. The molecular formula is C16H23N3OS. The average molecular weight is 305 g/mol. The molecule has 0 radical (unpaired) electrons. The molecule has 1 unspecified atom stereocenters. The van der Waals surface area contributed by atoms with Crippen molar-refractivity contribution in [1.29, 1.82) is 0 Å². The van der Waals surface area contributed by atoms with Crippen molar-refractivity contribution in [1.82, 2.24) is 14.9 Å². The largest absolute Gasteiger partial charge is 0.394 e. The number of rotatable bonds is 8. The molecule has 1 aliphatic carbocycles. The summed E-state index contributed by atoms with van der Waals surface area (Å²) in [4.78, 5) is 5.67. The van der Waals surface area contributed by atoms with Gasteiger partial charge in [-0.1, -0.05) is 6.07 Å². The lowest BCUT2D eigenvalue weighted by Gasteiger charge is -2.29. The van der Waals surface area contributed by atoms with Crippen LogP contribution in [0.1, 0.15) is 32.6 Å². The standard InChI is InChI=1S/C16H23N3OS/c1-16(12-20,18-13-5-6-13)7-3-9-19-10-8-17-15(19)14-4-2-11-21-14/h2,4,8,10-11,13,18,20H,3,5-7,9,12H2,1H3. The van der Waals surface area contributed by atoms with E-state index in [1.165, 1.54) is 17.7 Å². The summed E-state index contributed by atoms with van der Waals surface area (Å²) in [6, 6.07) is 4.79. The minimum Gasteiger partial charge on any atom is -0.394 e. The van der Waals surface area contributed by atoms with Gasteiger partial charge in [-0.05, 0) is 44.1 Å². The lowest BCUT2D eigenvalue weighted by molar-refractivity contribution is 0.160. The van der Waals surface area contributed by atoms with Crippen LogP contribution in [-0.4, -0.2) is 32.8 Å².